The molecule has 1 atom stereocenters. The van der Waals surface area contributed by atoms with E-state index in [1.165, 1.54) is 11.3 Å². The van der Waals surface area contributed by atoms with Crippen LogP contribution in [0.1, 0.15) is 51.7 Å². The molecule has 1 amide bonds. The van der Waals surface area contributed by atoms with E-state index in [-0.39, 0.29) is 12.5 Å². The SMILES string of the molecule is Cc1ccccc1C(O)CNC(=O)c1cnc(C(C)C)s1. The molecule has 0 fully saturated rings. The average Bonchev–Trinajstić information content (AvgIpc) is 2.95. The molecule has 2 aromatic rings. The van der Waals surface area contributed by atoms with E-state index in [2.05, 4.69) is 10.3 Å². The fraction of sp³-hybridized carbons (Fsp3) is 0.375. The molecule has 21 heavy (non-hydrogen) atoms. The predicted molar refractivity (Wildman–Crippen MR) is 84.7 cm³/mol. The number of nitrogens with zero attached hydrogens (tertiary/aromatic N) is 1. The number of carbonyl (C=O) groups excluding carboxylic acids is 1. The molecule has 1 unspecified atom stereocenters. The summed E-state index contributed by atoms with van der Waals surface area (Å²) in [5.41, 5.74) is 1.85. The summed E-state index contributed by atoms with van der Waals surface area (Å²) in [6.07, 6.45) is 0.891. The van der Waals surface area contributed by atoms with Gasteiger partial charge in [0, 0.05) is 12.5 Å². The molecule has 0 spiro atoms. The quantitative estimate of drug-likeness (QED) is 0.892. The molecule has 0 bridgehead atoms. The van der Waals surface area contributed by atoms with Crippen LogP contribution in [-0.4, -0.2) is 22.5 Å². The van der Waals surface area contributed by atoms with Gasteiger partial charge in [-0.2, -0.15) is 0 Å². The van der Waals surface area contributed by atoms with Crippen molar-refractivity contribution in [2.75, 3.05) is 6.54 Å². The number of nitrogens with one attached hydrogen (secondary N) is 1. The zero-order chi connectivity index (χ0) is 15.4. The van der Waals surface area contributed by atoms with Crippen LogP contribution in [0.25, 0.3) is 0 Å². The van der Waals surface area contributed by atoms with Crippen molar-refractivity contribution in [3.8, 4) is 0 Å². The zero-order valence-corrected chi connectivity index (χ0v) is 13.3. The lowest BCUT2D eigenvalue weighted by Crippen LogP contribution is -2.28. The molecule has 0 aliphatic rings. The first-order valence-corrected chi connectivity index (χ1v) is 7.78. The highest BCUT2D eigenvalue weighted by Gasteiger charge is 2.15. The highest BCUT2D eigenvalue weighted by atomic mass is 32.1. The third-order valence-corrected chi connectivity index (χ3v) is 4.54. The molecule has 0 saturated carbocycles. The number of aliphatic hydroxyl groups is 1. The summed E-state index contributed by atoms with van der Waals surface area (Å²) < 4.78 is 0. The van der Waals surface area contributed by atoms with Crippen molar-refractivity contribution < 1.29 is 9.90 Å². The number of aliphatic hydroxyl groups excluding tert-OH is 1. The predicted octanol–water partition coefficient (Wildman–Crippen LogP) is 3.04. The minimum Gasteiger partial charge on any atom is -0.387 e. The first-order chi connectivity index (χ1) is 9.99. The number of aryl methyl sites for hydroxylation is 1. The molecule has 0 aliphatic heterocycles. The Labute approximate surface area is 128 Å². The van der Waals surface area contributed by atoms with Crippen LogP contribution in [-0.2, 0) is 0 Å². The maximum atomic E-state index is 12.0. The van der Waals surface area contributed by atoms with Gasteiger partial charge in [0.15, 0.2) is 0 Å². The molecular formula is C16H20N2O2S. The first-order valence-electron chi connectivity index (χ1n) is 6.96. The lowest BCUT2D eigenvalue weighted by Gasteiger charge is -2.14. The number of thiazole rings is 1. The van der Waals surface area contributed by atoms with Crippen LogP contribution in [0.15, 0.2) is 30.5 Å². The van der Waals surface area contributed by atoms with Gasteiger partial charge in [-0.05, 0) is 18.1 Å². The summed E-state index contributed by atoms with van der Waals surface area (Å²) in [6, 6.07) is 7.62. The fourth-order valence-corrected chi connectivity index (χ4v) is 2.84. The molecule has 0 radical (unpaired) electrons. The van der Waals surface area contributed by atoms with E-state index in [1.54, 1.807) is 6.20 Å². The standard InChI is InChI=1S/C16H20N2O2S/c1-10(2)16-18-9-14(21-16)15(20)17-8-13(19)12-7-5-4-6-11(12)3/h4-7,9-10,13,19H,8H2,1-3H3,(H,17,20). The molecule has 1 aromatic carbocycles. The van der Waals surface area contributed by atoms with Gasteiger partial charge in [0.25, 0.3) is 5.91 Å². The van der Waals surface area contributed by atoms with Crippen molar-refractivity contribution in [2.24, 2.45) is 0 Å². The van der Waals surface area contributed by atoms with Crippen LogP contribution in [0, 0.1) is 6.92 Å². The van der Waals surface area contributed by atoms with Crippen LogP contribution >= 0.6 is 11.3 Å². The van der Waals surface area contributed by atoms with Gasteiger partial charge in [-0.15, -0.1) is 11.3 Å². The molecule has 1 heterocycles. The summed E-state index contributed by atoms with van der Waals surface area (Å²) in [5, 5.41) is 13.9. The number of benzene rings is 1. The van der Waals surface area contributed by atoms with E-state index in [0.717, 1.165) is 16.1 Å². The van der Waals surface area contributed by atoms with Gasteiger partial charge in [-0.1, -0.05) is 38.1 Å². The Kier molecular flexibility index (Phi) is 5.09. The number of aromatic nitrogens is 1. The molecule has 0 aliphatic carbocycles. The van der Waals surface area contributed by atoms with Crippen LogP contribution in [0.3, 0.4) is 0 Å². The van der Waals surface area contributed by atoms with Crippen molar-refractivity contribution in [1.29, 1.82) is 0 Å². The van der Waals surface area contributed by atoms with Gasteiger partial charge < -0.3 is 10.4 Å². The van der Waals surface area contributed by atoms with E-state index >= 15 is 0 Å². The van der Waals surface area contributed by atoms with Crippen molar-refractivity contribution in [1.82, 2.24) is 10.3 Å². The fourth-order valence-electron chi connectivity index (χ4n) is 2.01. The molecule has 2 rings (SSSR count). The van der Waals surface area contributed by atoms with E-state index in [9.17, 15) is 9.90 Å². The second kappa shape index (κ2) is 6.83. The molecule has 1 aromatic heterocycles. The summed E-state index contributed by atoms with van der Waals surface area (Å²) in [6.45, 7) is 6.22. The van der Waals surface area contributed by atoms with Crippen LogP contribution < -0.4 is 5.32 Å². The topological polar surface area (TPSA) is 62.2 Å². The Morgan fingerprint density at radius 1 is 1.38 bits per heavy atom. The molecule has 4 nitrogen and oxygen atoms in total. The Balaban J connectivity index is 1.96. The van der Waals surface area contributed by atoms with Gasteiger partial charge in [-0.25, -0.2) is 4.98 Å². The molecular weight excluding hydrogens is 284 g/mol. The lowest BCUT2D eigenvalue weighted by molar-refractivity contribution is 0.0919. The van der Waals surface area contributed by atoms with Gasteiger partial charge in [0.2, 0.25) is 0 Å². The van der Waals surface area contributed by atoms with Gasteiger partial charge >= 0.3 is 0 Å². The summed E-state index contributed by atoms with van der Waals surface area (Å²) >= 11 is 1.39. The monoisotopic (exact) mass is 304 g/mol. The van der Waals surface area contributed by atoms with Crippen molar-refractivity contribution in [3.05, 3.63) is 51.5 Å². The normalized spacial score (nSPS) is 12.4. The Morgan fingerprint density at radius 3 is 2.71 bits per heavy atom. The maximum Gasteiger partial charge on any atom is 0.263 e. The van der Waals surface area contributed by atoms with Gasteiger partial charge in [0.05, 0.1) is 17.3 Å². The Morgan fingerprint density at radius 2 is 2.10 bits per heavy atom. The van der Waals surface area contributed by atoms with Gasteiger partial charge in [-0.3, -0.25) is 4.79 Å². The minimum atomic E-state index is -0.701. The van der Waals surface area contributed by atoms with Gasteiger partial charge in [0.1, 0.15) is 4.88 Å². The first kappa shape index (κ1) is 15.7. The smallest absolute Gasteiger partial charge is 0.263 e. The Bertz CT molecular complexity index is 622. The van der Waals surface area contributed by atoms with Crippen molar-refractivity contribution in [2.45, 2.75) is 32.8 Å². The number of amides is 1. The molecule has 5 heteroatoms. The summed E-state index contributed by atoms with van der Waals surface area (Å²) in [5.74, 6) is 0.126. The Hall–Kier alpha value is -1.72. The van der Waals surface area contributed by atoms with E-state index in [1.807, 2.05) is 45.0 Å². The zero-order valence-electron chi connectivity index (χ0n) is 12.5. The summed E-state index contributed by atoms with van der Waals surface area (Å²) in [4.78, 5) is 16.9. The number of hydrogen-bond acceptors (Lipinski definition) is 4. The minimum absolute atomic E-state index is 0.188. The molecule has 112 valence electrons. The average molecular weight is 304 g/mol. The van der Waals surface area contributed by atoms with Crippen molar-refractivity contribution in [3.63, 3.8) is 0 Å². The second-order valence-electron chi connectivity index (χ2n) is 5.30. The molecule has 0 saturated heterocycles. The second-order valence-corrected chi connectivity index (χ2v) is 6.36. The number of hydrogen-bond donors (Lipinski definition) is 2. The highest BCUT2D eigenvalue weighted by Crippen LogP contribution is 2.21. The van der Waals surface area contributed by atoms with E-state index < -0.39 is 6.10 Å². The van der Waals surface area contributed by atoms with Crippen LogP contribution in [0.2, 0.25) is 0 Å². The number of carbonyl (C=O) groups is 1. The van der Waals surface area contributed by atoms with Crippen molar-refractivity contribution >= 4 is 17.2 Å². The maximum absolute atomic E-state index is 12.0. The van der Waals surface area contributed by atoms with Crippen LogP contribution in [0.5, 0.6) is 0 Å². The third kappa shape index (κ3) is 3.89. The third-order valence-electron chi connectivity index (χ3n) is 3.24. The summed E-state index contributed by atoms with van der Waals surface area (Å²) in [7, 11) is 0. The van der Waals surface area contributed by atoms with E-state index in [0.29, 0.717) is 10.8 Å². The largest absolute Gasteiger partial charge is 0.387 e. The molecule has 2 N–H and O–H groups in total. The van der Waals surface area contributed by atoms with E-state index in [4.69, 9.17) is 0 Å². The van der Waals surface area contributed by atoms with Crippen LogP contribution in [0.4, 0.5) is 0 Å². The highest BCUT2D eigenvalue weighted by molar-refractivity contribution is 7.13. The lowest BCUT2D eigenvalue weighted by atomic mass is 10.0. The number of rotatable bonds is 5.